The molecule has 2 aliphatic carbocycles. The number of esters is 1. The number of benzene rings is 1. The summed E-state index contributed by atoms with van der Waals surface area (Å²) in [6.07, 6.45) is 6.48. The van der Waals surface area contributed by atoms with E-state index in [1.54, 1.807) is 0 Å². The summed E-state index contributed by atoms with van der Waals surface area (Å²) in [4.78, 5) is 12.0. The van der Waals surface area contributed by atoms with E-state index < -0.39 is 0 Å². The van der Waals surface area contributed by atoms with Crippen LogP contribution in [0.15, 0.2) is 40.9 Å². The molecule has 3 atom stereocenters. The largest absolute Gasteiger partial charge is 0.426 e. The minimum Gasteiger partial charge on any atom is -0.426 e. The Balaban J connectivity index is 1.68. The lowest BCUT2D eigenvalue weighted by Gasteiger charge is -2.16. The molecule has 3 heteroatoms. The summed E-state index contributed by atoms with van der Waals surface area (Å²) < 4.78 is 6.40. The van der Waals surface area contributed by atoms with Crippen LogP contribution in [0.3, 0.4) is 0 Å². The van der Waals surface area contributed by atoms with Crippen LogP contribution in [0.1, 0.15) is 12.8 Å². The molecule has 0 N–H and O–H groups in total. The minimum atomic E-state index is -0.0795. The Morgan fingerprint density at radius 2 is 1.94 bits per heavy atom. The summed E-state index contributed by atoms with van der Waals surface area (Å²) in [6, 6.07) is 7.38. The summed E-state index contributed by atoms with van der Waals surface area (Å²) in [5.74, 6) is 1.62. The van der Waals surface area contributed by atoms with Crippen molar-refractivity contribution in [2.24, 2.45) is 17.8 Å². The molecule has 2 nitrogen and oxygen atoms in total. The predicted octanol–water partition coefficient (Wildman–Crippen LogP) is 3.57. The van der Waals surface area contributed by atoms with Crippen molar-refractivity contribution in [2.45, 2.75) is 12.8 Å². The highest BCUT2D eigenvalue weighted by Gasteiger charge is 2.40. The number of fused-ring (bicyclic) bond motifs is 2. The maximum absolute atomic E-state index is 12.0. The highest BCUT2D eigenvalue weighted by atomic mass is 79.9. The molecule has 1 saturated carbocycles. The number of ether oxygens (including phenoxy) is 1. The Bertz CT molecular complexity index is 464. The van der Waals surface area contributed by atoms with Crippen molar-refractivity contribution < 1.29 is 9.53 Å². The second-order valence-electron chi connectivity index (χ2n) is 4.76. The number of hydrogen-bond donors (Lipinski definition) is 0. The monoisotopic (exact) mass is 292 g/mol. The van der Waals surface area contributed by atoms with E-state index in [4.69, 9.17) is 4.74 Å². The molecule has 0 aliphatic heterocycles. The number of allylic oxidation sites excluding steroid dienone is 2. The quantitative estimate of drug-likeness (QED) is 0.473. The normalized spacial score (nSPS) is 29.6. The molecule has 0 heterocycles. The lowest BCUT2D eigenvalue weighted by Crippen LogP contribution is -2.23. The van der Waals surface area contributed by atoms with Gasteiger partial charge in [0.05, 0.1) is 5.92 Å². The third kappa shape index (κ3) is 2.16. The van der Waals surface area contributed by atoms with Crippen LogP contribution in [-0.4, -0.2) is 5.97 Å². The Morgan fingerprint density at radius 1 is 1.18 bits per heavy atom. The first-order chi connectivity index (χ1) is 8.22. The zero-order valence-corrected chi connectivity index (χ0v) is 10.9. The molecule has 1 aromatic carbocycles. The Morgan fingerprint density at radius 3 is 2.53 bits per heavy atom. The van der Waals surface area contributed by atoms with Gasteiger partial charge >= 0.3 is 5.97 Å². The molecule has 1 aromatic rings. The molecule has 0 radical (unpaired) electrons. The van der Waals surface area contributed by atoms with Gasteiger partial charge in [-0.15, -0.1) is 0 Å². The molecule has 0 amide bonds. The third-order valence-electron chi connectivity index (χ3n) is 3.61. The fourth-order valence-electron chi connectivity index (χ4n) is 2.75. The zero-order valence-electron chi connectivity index (χ0n) is 9.30. The predicted molar refractivity (Wildman–Crippen MR) is 68.6 cm³/mol. The van der Waals surface area contributed by atoms with Gasteiger partial charge in [0.15, 0.2) is 0 Å². The van der Waals surface area contributed by atoms with Gasteiger partial charge in [-0.25, -0.2) is 0 Å². The highest BCUT2D eigenvalue weighted by molar-refractivity contribution is 9.10. The van der Waals surface area contributed by atoms with Crippen LogP contribution in [0.5, 0.6) is 5.75 Å². The van der Waals surface area contributed by atoms with E-state index in [1.165, 1.54) is 0 Å². The van der Waals surface area contributed by atoms with Gasteiger partial charge in [-0.05, 0) is 48.9 Å². The first-order valence-electron chi connectivity index (χ1n) is 5.88. The molecule has 0 spiro atoms. The molecule has 0 aromatic heterocycles. The maximum atomic E-state index is 12.0. The Hall–Kier alpha value is -1.09. The van der Waals surface area contributed by atoms with Gasteiger partial charge < -0.3 is 4.74 Å². The van der Waals surface area contributed by atoms with Gasteiger partial charge in [-0.2, -0.15) is 0 Å². The highest BCUT2D eigenvalue weighted by Crippen LogP contribution is 2.43. The van der Waals surface area contributed by atoms with Crippen LogP contribution in [0.2, 0.25) is 0 Å². The second kappa shape index (κ2) is 4.30. The molecule has 0 saturated heterocycles. The van der Waals surface area contributed by atoms with Gasteiger partial charge in [0.2, 0.25) is 0 Å². The van der Waals surface area contributed by atoms with E-state index in [1.807, 2.05) is 24.3 Å². The molecule has 17 heavy (non-hydrogen) atoms. The summed E-state index contributed by atoms with van der Waals surface area (Å²) in [7, 11) is 0. The zero-order chi connectivity index (χ0) is 11.8. The summed E-state index contributed by atoms with van der Waals surface area (Å²) >= 11 is 3.35. The average molecular weight is 293 g/mol. The fourth-order valence-corrected chi connectivity index (χ4v) is 3.01. The van der Waals surface area contributed by atoms with Crippen LogP contribution < -0.4 is 4.74 Å². The smallest absolute Gasteiger partial charge is 0.314 e. The number of hydrogen-bond acceptors (Lipinski definition) is 2. The summed E-state index contributed by atoms with van der Waals surface area (Å²) in [5, 5.41) is 0. The van der Waals surface area contributed by atoms with E-state index in [9.17, 15) is 4.79 Å². The SMILES string of the molecule is O=C(Oc1ccc(Br)cc1)C1CC2C=CC1C2. The standard InChI is InChI=1S/C14H13BrO2/c15-11-3-5-12(6-4-11)17-14(16)13-8-9-1-2-10(13)7-9/h1-6,9-10,13H,7-8H2. The first kappa shape index (κ1) is 11.0. The van der Waals surface area contributed by atoms with Gasteiger partial charge in [0.25, 0.3) is 0 Å². The molecular formula is C14H13BrO2. The minimum absolute atomic E-state index is 0.0636. The first-order valence-corrected chi connectivity index (χ1v) is 6.67. The van der Waals surface area contributed by atoms with Crippen LogP contribution in [0.4, 0.5) is 0 Å². The number of carbonyl (C=O) groups is 1. The number of halogens is 1. The van der Waals surface area contributed by atoms with E-state index in [2.05, 4.69) is 28.1 Å². The lowest BCUT2D eigenvalue weighted by atomic mass is 9.94. The van der Waals surface area contributed by atoms with Crippen molar-refractivity contribution in [1.82, 2.24) is 0 Å². The summed E-state index contributed by atoms with van der Waals surface area (Å²) in [5.41, 5.74) is 0. The second-order valence-corrected chi connectivity index (χ2v) is 5.68. The van der Waals surface area contributed by atoms with Crippen molar-refractivity contribution in [3.63, 3.8) is 0 Å². The number of carbonyl (C=O) groups excluding carboxylic acids is 1. The van der Waals surface area contributed by atoms with Gasteiger partial charge in [0.1, 0.15) is 5.75 Å². The van der Waals surface area contributed by atoms with Crippen LogP contribution in [0.25, 0.3) is 0 Å². The van der Waals surface area contributed by atoms with Crippen molar-refractivity contribution in [3.05, 3.63) is 40.9 Å². The van der Waals surface area contributed by atoms with Gasteiger partial charge in [-0.3, -0.25) is 4.79 Å². The molecule has 88 valence electrons. The van der Waals surface area contributed by atoms with E-state index >= 15 is 0 Å². The lowest BCUT2D eigenvalue weighted by molar-refractivity contribution is -0.139. The average Bonchev–Trinajstić information content (AvgIpc) is 2.94. The van der Waals surface area contributed by atoms with Crippen LogP contribution >= 0.6 is 15.9 Å². The van der Waals surface area contributed by atoms with Crippen molar-refractivity contribution in [3.8, 4) is 5.75 Å². The van der Waals surface area contributed by atoms with Crippen LogP contribution in [0, 0.1) is 17.8 Å². The van der Waals surface area contributed by atoms with E-state index in [0.29, 0.717) is 17.6 Å². The van der Waals surface area contributed by atoms with Crippen molar-refractivity contribution >= 4 is 21.9 Å². The number of rotatable bonds is 2. The molecule has 3 rings (SSSR count). The molecular weight excluding hydrogens is 280 g/mol. The fraction of sp³-hybridized carbons (Fsp3) is 0.357. The van der Waals surface area contributed by atoms with Crippen molar-refractivity contribution in [2.75, 3.05) is 0 Å². The van der Waals surface area contributed by atoms with Crippen LogP contribution in [-0.2, 0) is 4.79 Å². The maximum Gasteiger partial charge on any atom is 0.314 e. The van der Waals surface area contributed by atoms with E-state index in [0.717, 1.165) is 17.3 Å². The van der Waals surface area contributed by atoms with Gasteiger partial charge in [0, 0.05) is 4.47 Å². The van der Waals surface area contributed by atoms with Gasteiger partial charge in [-0.1, -0.05) is 28.1 Å². The Labute approximate surface area is 109 Å². The molecule has 2 bridgehead atoms. The van der Waals surface area contributed by atoms with E-state index in [-0.39, 0.29) is 11.9 Å². The topological polar surface area (TPSA) is 26.3 Å². The summed E-state index contributed by atoms with van der Waals surface area (Å²) in [6.45, 7) is 0. The Kier molecular flexibility index (Phi) is 2.79. The molecule has 3 unspecified atom stereocenters. The molecule has 2 aliphatic rings. The third-order valence-corrected chi connectivity index (χ3v) is 4.14. The molecule has 1 fully saturated rings. The van der Waals surface area contributed by atoms with Crippen molar-refractivity contribution in [1.29, 1.82) is 0 Å².